The Hall–Kier alpha value is -4.90. The third kappa shape index (κ3) is 7.48. The highest BCUT2D eigenvalue weighted by Gasteiger charge is 2.54. The molecule has 2 aliphatic heterocycles. The molecule has 0 saturated carbocycles. The number of amides is 3. The van der Waals surface area contributed by atoms with Gasteiger partial charge in [0.25, 0.3) is 5.91 Å². The van der Waals surface area contributed by atoms with Crippen LogP contribution in [0.2, 0.25) is 0 Å². The zero-order valence-corrected chi connectivity index (χ0v) is 26.5. The van der Waals surface area contributed by atoms with Crippen molar-refractivity contribution in [3.63, 3.8) is 0 Å². The second-order valence-corrected chi connectivity index (χ2v) is 13.0. The van der Waals surface area contributed by atoms with Crippen LogP contribution in [0.4, 0.5) is 10.5 Å². The van der Waals surface area contributed by atoms with Gasteiger partial charge in [-0.05, 0) is 49.1 Å². The first-order valence-electron chi connectivity index (χ1n) is 14.8. The number of nitrogens with one attached hydrogen (secondary N) is 2. The zero-order valence-electron chi connectivity index (χ0n) is 25.7. The van der Waals surface area contributed by atoms with Gasteiger partial charge in [-0.3, -0.25) is 19.8 Å². The van der Waals surface area contributed by atoms with Crippen molar-refractivity contribution < 1.29 is 33.4 Å². The number of β-lactam (4-membered cyclic amide) rings is 1. The Balaban J connectivity index is 1.31. The standard InChI is InChI=1S/C35H35N3O7S/c1-35(2,3)45-34(43)36-26-17-11-10-16-24(26)20-27(40)37-28-31(41)38-29(25(18-19-39)21-46-32(28)38)33(42)44-30(22-12-6-4-7-13-22)23-14-8-5-9-15-23/h4-17,19,28,30,32H,18,20-21H2,1-3H3,(H,36,43)(H,37,40). The molecule has 2 unspecified atom stereocenters. The molecule has 2 heterocycles. The molecule has 0 aromatic heterocycles. The first kappa shape index (κ1) is 32.5. The molecule has 3 aromatic carbocycles. The number of thioether (sulfide) groups is 1. The predicted molar refractivity (Wildman–Crippen MR) is 174 cm³/mol. The molecule has 10 nitrogen and oxygen atoms in total. The molecular formula is C35H35N3O7S. The summed E-state index contributed by atoms with van der Waals surface area (Å²) in [6.45, 7) is 5.25. The first-order valence-corrected chi connectivity index (χ1v) is 15.9. The fraction of sp³-hybridized carbons (Fsp3) is 0.286. The number of carbonyl (C=O) groups is 5. The SMILES string of the molecule is CC(C)(C)OC(=O)Nc1ccccc1CC(=O)NC1C(=O)N2C(C(=O)OC(c3ccccc3)c3ccccc3)=C(CC=O)CSC12. The van der Waals surface area contributed by atoms with Crippen molar-refractivity contribution in [1.29, 1.82) is 0 Å². The van der Waals surface area contributed by atoms with Crippen LogP contribution in [0.25, 0.3) is 0 Å². The van der Waals surface area contributed by atoms with Crippen LogP contribution >= 0.6 is 11.8 Å². The number of hydrogen-bond acceptors (Lipinski definition) is 8. The average Bonchev–Trinajstić information content (AvgIpc) is 3.03. The molecule has 11 heteroatoms. The topological polar surface area (TPSA) is 131 Å². The second-order valence-electron chi connectivity index (χ2n) is 11.8. The smallest absolute Gasteiger partial charge is 0.412 e. The molecule has 3 aromatic rings. The molecule has 5 rings (SSSR count). The van der Waals surface area contributed by atoms with E-state index in [1.165, 1.54) is 16.7 Å². The summed E-state index contributed by atoms with van der Waals surface area (Å²) in [5, 5.41) is 4.91. The summed E-state index contributed by atoms with van der Waals surface area (Å²) >= 11 is 1.36. The van der Waals surface area contributed by atoms with E-state index in [9.17, 15) is 24.0 Å². The zero-order chi connectivity index (χ0) is 32.8. The van der Waals surface area contributed by atoms with Crippen LogP contribution in [-0.4, -0.2) is 57.8 Å². The Kier molecular flexibility index (Phi) is 9.91. The van der Waals surface area contributed by atoms with E-state index in [1.807, 2.05) is 60.7 Å². The van der Waals surface area contributed by atoms with Crippen LogP contribution in [0.5, 0.6) is 0 Å². The fourth-order valence-corrected chi connectivity index (χ4v) is 6.65. The highest BCUT2D eigenvalue weighted by atomic mass is 32.2. The summed E-state index contributed by atoms with van der Waals surface area (Å²) in [5.74, 6) is -1.32. The van der Waals surface area contributed by atoms with Gasteiger partial charge in [0.2, 0.25) is 5.91 Å². The molecule has 3 amide bonds. The monoisotopic (exact) mass is 641 g/mol. The lowest BCUT2D eigenvalue weighted by Gasteiger charge is -2.49. The van der Waals surface area contributed by atoms with Gasteiger partial charge in [0, 0.05) is 17.9 Å². The van der Waals surface area contributed by atoms with Gasteiger partial charge < -0.3 is 19.6 Å². The molecule has 2 atom stereocenters. The molecule has 1 saturated heterocycles. The van der Waals surface area contributed by atoms with Crippen molar-refractivity contribution in [1.82, 2.24) is 10.2 Å². The van der Waals surface area contributed by atoms with Gasteiger partial charge >= 0.3 is 12.1 Å². The first-order chi connectivity index (χ1) is 22.1. The molecule has 46 heavy (non-hydrogen) atoms. The van der Waals surface area contributed by atoms with Gasteiger partial charge in [0.1, 0.15) is 29.0 Å². The van der Waals surface area contributed by atoms with E-state index in [0.717, 1.165) is 11.1 Å². The number of nitrogens with zero attached hydrogens (tertiary/aromatic N) is 1. The van der Waals surface area contributed by atoms with Crippen LogP contribution in [0, 0.1) is 0 Å². The van der Waals surface area contributed by atoms with Gasteiger partial charge in [-0.2, -0.15) is 0 Å². The van der Waals surface area contributed by atoms with E-state index < -0.39 is 47.0 Å². The van der Waals surface area contributed by atoms with Crippen molar-refractivity contribution in [2.45, 2.75) is 56.7 Å². The predicted octanol–water partition coefficient (Wildman–Crippen LogP) is 5.15. The van der Waals surface area contributed by atoms with Crippen molar-refractivity contribution in [3.8, 4) is 0 Å². The Morgan fingerprint density at radius 2 is 1.57 bits per heavy atom. The summed E-state index contributed by atoms with van der Waals surface area (Å²) in [4.78, 5) is 65.7. The lowest BCUT2D eigenvalue weighted by atomic mass is 10.00. The van der Waals surface area contributed by atoms with Crippen LogP contribution in [0.15, 0.2) is 96.2 Å². The maximum absolute atomic E-state index is 13.8. The van der Waals surface area contributed by atoms with Gasteiger partial charge in [-0.25, -0.2) is 9.59 Å². The summed E-state index contributed by atoms with van der Waals surface area (Å²) in [7, 11) is 0. The number of benzene rings is 3. The molecule has 1 fully saturated rings. The number of ether oxygens (including phenoxy) is 2. The number of anilines is 1. The Bertz CT molecular complexity index is 1610. The summed E-state index contributed by atoms with van der Waals surface area (Å²) < 4.78 is 11.4. The summed E-state index contributed by atoms with van der Waals surface area (Å²) in [5.41, 5.74) is 2.29. The highest BCUT2D eigenvalue weighted by Crippen LogP contribution is 2.42. The Morgan fingerprint density at radius 1 is 0.957 bits per heavy atom. The van der Waals surface area contributed by atoms with Crippen LogP contribution in [0.3, 0.4) is 0 Å². The van der Waals surface area contributed by atoms with E-state index in [2.05, 4.69) is 10.6 Å². The minimum atomic E-state index is -0.886. The number of aldehydes is 1. The molecule has 2 aliphatic rings. The van der Waals surface area contributed by atoms with Gasteiger partial charge in [-0.1, -0.05) is 78.9 Å². The number of hydrogen-bond donors (Lipinski definition) is 2. The van der Waals surface area contributed by atoms with Crippen molar-refractivity contribution in [3.05, 3.63) is 113 Å². The van der Waals surface area contributed by atoms with E-state index in [1.54, 1.807) is 45.0 Å². The number of para-hydroxylation sites is 1. The van der Waals surface area contributed by atoms with Crippen molar-refractivity contribution >= 4 is 47.6 Å². The molecule has 238 valence electrons. The average molecular weight is 642 g/mol. The fourth-order valence-electron chi connectivity index (χ4n) is 5.28. The van der Waals surface area contributed by atoms with E-state index in [0.29, 0.717) is 28.9 Å². The van der Waals surface area contributed by atoms with Crippen molar-refractivity contribution in [2.75, 3.05) is 11.1 Å². The molecular weight excluding hydrogens is 606 g/mol. The van der Waals surface area contributed by atoms with Gasteiger partial charge in [0.15, 0.2) is 6.10 Å². The summed E-state index contributed by atoms with van der Waals surface area (Å²) in [6.07, 6.45) is -0.837. The summed E-state index contributed by atoms with van der Waals surface area (Å²) in [6, 6.07) is 24.5. The Labute approximate surface area is 271 Å². The quantitative estimate of drug-likeness (QED) is 0.177. The van der Waals surface area contributed by atoms with E-state index >= 15 is 0 Å². The highest BCUT2D eigenvalue weighted by molar-refractivity contribution is 8.00. The molecule has 0 spiro atoms. The molecule has 0 bridgehead atoms. The third-order valence-electron chi connectivity index (χ3n) is 7.32. The third-order valence-corrected chi connectivity index (χ3v) is 8.66. The lowest BCUT2D eigenvalue weighted by Crippen LogP contribution is -2.70. The Morgan fingerprint density at radius 3 is 2.17 bits per heavy atom. The van der Waals surface area contributed by atoms with Gasteiger partial charge in [0.05, 0.1) is 6.42 Å². The van der Waals surface area contributed by atoms with Gasteiger partial charge in [-0.15, -0.1) is 11.8 Å². The van der Waals surface area contributed by atoms with Crippen molar-refractivity contribution in [2.24, 2.45) is 0 Å². The maximum Gasteiger partial charge on any atom is 0.412 e. The van der Waals surface area contributed by atoms with E-state index in [-0.39, 0.29) is 18.5 Å². The molecule has 0 aliphatic carbocycles. The number of fused-ring (bicyclic) bond motifs is 1. The molecule has 2 N–H and O–H groups in total. The minimum Gasteiger partial charge on any atom is -0.448 e. The normalized spacial score (nSPS) is 17.5. The largest absolute Gasteiger partial charge is 0.448 e. The second kappa shape index (κ2) is 14.0. The number of carbonyl (C=O) groups excluding carboxylic acids is 5. The van der Waals surface area contributed by atoms with Crippen LogP contribution in [-0.2, 0) is 35.1 Å². The van der Waals surface area contributed by atoms with Crippen LogP contribution < -0.4 is 10.6 Å². The van der Waals surface area contributed by atoms with Crippen LogP contribution in [0.1, 0.15) is 50.0 Å². The number of esters is 1. The minimum absolute atomic E-state index is 0.0340. The lowest BCUT2D eigenvalue weighted by molar-refractivity contribution is -0.154. The van der Waals surface area contributed by atoms with E-state index in [4.69, 9.17) is 9.47 Å². The number of rotatable bonds is 10. The molecule has 0 radical (unpaired) electrons. The maximum atomic E-state index is 13.8.